The number of aromatic nitrogens is 3. The fourth-order valence-corrected chi connectivity index (χ4v) is 3.64. The highest BCUT2D eigenvalue weighted by atomic mass is 32.2. The molecule has 0 aliphatic heterocycles. The number of alkyl halides is 7. The summed E-state index contributed by atoms with van der Waals surface area (Å²) in [6.07, 6.45) is -3.50. The van der Waals surface area contributed by atoms with Crippen LogP contribution in [0.25, 0.3) is 10.9 Å². The first kappa shape index (κ1) is 24.8. The van der Waals surface area contributed by atoms with Crippen LogP contribution < -0.4 is 5.73 Å². The van der Waals surface area contributed by atoms with Gasteiger partial charge in [-0.05, 0) is 24.0 Å². The molecule has 0 fully saturated rings. The Morgan fingerprint density at radius 3 is 2.36 bits per heavy atom. The van der Waals surface area contributed by atoms with Crippen molar-refractivity contribution in [3.8, 4) is 0 Å². The van der Waals surface area contributed by atoms with E-state index in [-0.39, 0.29) is 28.0 Å². The van der Waals surface area contributed by atoms with Crippen LogP contribution in [0.4, 0.5) is 42.2 Å². The number of fused-ring (bicyclic) bond motifs is 1. The molecule has 0 bridgehead atoms. The number of hydrogen-bond acceptors (Lipinski definition) is 5. The molecule has 3 aromatic rings. The highest BCUT2D eigenvalue weighted by Gasteiger charge is 2.57. The highest BCUT2D eigenvalue weighted by molar-refractivity contribution is 8.14. The summed E-state index contributed by atoms with van der Waals surface area (Å²) in [7, 11) is 0. The number of nitrogens with zero attached hydrogens (tertiary/aromatic N) is 4. The third-order valence-electron chi connectivity index (χ3n) is 4.56. The van der Waals surface area contributed by atoms with Crippen LogP contribution in [0.1, 0.15) is 25.0 Å². The maximum absolute atomic E-state index is 13.6. The number of halogens is 7. The molecule has 0 radical (unpaired) electrons. The number of thioether (sulfide) groups is 1. The number of aliphatic imine (C=N–C) groups is 1. The van der Waals surface area contributed by atoms with Crippen molar-refractivity contribution in [2.24, 2.45) is 4.99 Å². The van der Waals surface area contributed by atoms with Crippen LogP contribution in [0.2, 0.25) is 0 Å². The minimum Gasteiger partial charge on any atom is -0.398 e. The van der Waals surface area contributed by atoms with Gasteiger partial charge in [0.15, 0.2) is 5.82 Å². The summed E-state index contributed by atoms with van der Waals surface area (Å²) in [6, 6.07) is 5.17. The Labute approximate surface area is 187 Å². The van der Waals surface area contributed by atoms with Gasteiger partial charge in [-0.3, -0.25) is 4.68 Å². The molecule has 0 atom stereocenters. The van der Waals surface area contributed by atoms with Crippen molar-refractivity contribution in [1.29, 1.82) is 0 Å². The molecule has 0 unspecified atom stereocenters. The second kappa shape index (κ2) is 8.84. The molecule has 5 nitrogen and oxygen atoms in total. The van der Waals surface area contributed by atoms with Crippen molar-refractivity contribution in [2.45, 2.75) is 38.4 Å². The second-order valence-electron chi connectivity index (χ2n) is 7.15. The first-order chi connectivity index (χ1) is 15.2. The van der Waals surface area contributed by atoms with E-state index in [1.165, 1.54) is 30.0 Å². The molecule has 178 valence electrons. The summed E-state index contributed by atoms with van der Waals surface area (Å²) < 4.78 is 92.0. The van der Waals surface area contributed by atoms with Crippen molar-refractivity contribution in [3.05, 3.63) is 47.8 Å². The van der Waals surface area contributed by atoms with Crippen molar-refractivity contribution >= 4 is 39.2 Å². The van der Waals surface area contributed by atoms with Gasteiger partial charge >= 0.3 is 12.1 Å². The largest absolute Gasteiger partial charge is 0.455 e. The summed E-state index contributed by atoms with van der Waals surface area (Å²) in [5, 5.41) is 4.23. The van der Waals surface area contributed by atoms with Crippen LogP contribution in [-0.2, 0) is 12.5 Å². The lowest BCUT2D eigenvalue weighted by Crippen LogP contribution is -2.40. The quantitative estimate of drug-likeness (QED) is 0.193. The Bertz CT molecular complexity index is 1180. The lowest BCUT2D eigenvalue weighted by atomic mass is 10.1. The van der Waals surface area contributed by atoms with Crippen molar-refractivity contribution < 1.29 is 30.7 Å². The number of nitrogen functional groups attached to an aromatic ring is 1. The van der Waals surface area contributed by atoms with Gasteiger partial charge in [0.25, 0.3) is 5.92 Å². The van der Waals surface area contributed by atoms with Crippen LogP contribution in [0.15, 0.2) is 41.7 Å². The van der Waals surface area contributed by atoms with E-state index < -0.39 is 24.6 Å². The number of nitrogens with two attached hydrogens (primary N) is 1. The number of pyridine rings is 1. The monoisotopic (exact) mass is 493 g/mol. The van der Waals surface area contributed by atoms with Gasteiger partial charge in [0.1, 0.15) is 11.6 Å². The van der Waals surface area contributed by atoms with Gasteiger partial charge in [0.2, 0.25) is 0 Å². The van der Waals surface area contributed by atoms with Gasteiger partial charge in [-0.15, -0.1) is 11.8 Å². The Hall–Kier alpha value is -2.83. The van der Waals surface area contributed by atoms with Crippen LogP contribution in [0, 0.1) is 0 Å². The van der Waals surface area contributed by atoms with E-state index in [0.717, 1.165) is 25.4 Å². The standard InChI is InChI=1S/C20H18F7N5S/c1-3-33-17(13-5-4-12(7-14(13)28)18(2,21)22)31-16-6-11-8-30-32(15(11)9-29-16)10-19(23,24)20(25,26)27/h4-9H,3,10,28H2,1-2H3. The Morgan fingerprint density at radius 2 is 1.79 bits per heavy atom. The Balaban J connectivity index is 1.97. The topological polar surface area (TPSA) is 69.1 Å². The molecule has 0 aliphatic rings. The van der Waals surface area contributed by atoms with Crippen molar-refractivity contribution in [1.82, 2.24) is 14.8 Å². The molecule has 13 heteroatoms. The maximum atomic E-state index is 13.6. The molecule has 3 rings (SSSR count). The van der Waals surface area contributed by atoms with Gasteiger partial charge in [0, 0.05) is 29.1 Å². The van der Waals surface area contributed by atoms with Gasteiger partial charge in [-0.2, -0.15) is 27.1 Å². The Morgan fingerprint density at radius 1 is 1.09 bits per heavy atom. The number of benzene rings is 1. The summed E-state index contributed by atoms with van der Waals surface area (Å²) in [5.41, 5.74) is 6.16. The molecule has 1 aromatic carbocycles. The minimum atomic E-state index is -5.72. The van der Waals surface area contributed by atoms with Crippen LogP contribution >= 0.6 is 11.8 Å². The molecular weight excluding hydrogens is 475 g/mol. The molecule has 2 N–H and O–H groups in total. The van der Waals surface area contributed by atoms with Crippen LogP contribution in [-0.4, -0.2) is 37.7 Å². The first-order valence-electron chi connectivity index (χ1n) is 9.48. The predicted octanol–water partition coefficient (Wildman–Crippen LogP) is 6.15. The fraction of sp³-hybridized carbons (Fsp3) is 0.350. The van der Waals surface area contributed by atoms with E-state index in [1.54, 1.807) is 0 Å². The average Bonchev–Trinajstić information content (AvgIpc) is 3.07. The van der Waals surface area contributed by atoms with E-state index in [2.05, 4.69) is 15.1 Å². The maximum Gasteiger partial charge on any atom is 0.455 e. The van der Waals surface area contributed by atoms with Crippen molar-refractivity contribution in [3.63, 3.8) is 0 Å². The lowest BCUT2D eigenvalue weighted by Gasteiger charge is -2.19. The molecule has 0 aliphatic carbocycles. The van der Waals surface area contributed by atoms with Crippen LogP contribution in [0.3, 0.4) is 0 Å². The zero-order valence-corrected chi connectivity index (χ0v) is 18.1. The first-order valence-corrected chi connectivity index (χ1v) is 10.5. The predicted molar refractivity (Wildman–Crippen MR) is 113 cm³/mol. The van der Waals surface area contributed by atoms with Gasteiger partial charge < -0.3 is 5.73 Å². The number of rotatable bonds is 6. The normalized spacial score (nSPS) is 13.7. The fourth-order valence-electron chi connectivity index (χ4n) is 2.87. The van der Waals surface area contributed by atoms with E-state index in [9.17, 15) is 30.7 Å². The summed E-state index contributed by atoms with van der Waals surface area (Å²) in [4.78, 5) is 8.40. The second-order valence-corrected chi connectivity index (χ2v) is 8.40. The minimum absolute atomic E-state index is 0.0309. The zero-order chi connectivity index (χ0) is 24.6. The SMILES string of the molecule is CCSC(=Nc1cc2cnn(CC(F)(F)C(F)(F)F)c2cn1)c1ccc(C(C)(F)F)cc1N. The molecule has 2 aromatic heterocycles. The molecular formula is C20H18F7N5S. The summed E-state index contributed by atoms with van der Waals surface area (Å²) in [5.74, 6) is -7.36. The molecule has 0 saturated carbocycles. The highest BCUT2D eigenvalue weighted by Crippen LogP contribution is 2.37. The average molecular weight is 493 g/mol. The Kier molecular flexibility index (Phi) is 6.65. The van der Waals surface area contributed by atoms with Gasteiger partial charge in [-0.1, -0.05) is 13.0 Å². The van der Waals surface area contributed by atoms with Gasteiger partial charge in [0.05, 0.1) is 17.9 Å². The molecule has 0 spiro atoms. The number of anilines is 1. The van der Waals surface area contributed by atoms with E-state index in [1.807, 2.05) is 6.92 Å². The van der Waals surface area contributed by atoms with E-state index in [4.69, 9.17) is 5.73 Å². The lowest BCUT2D eigenvalue weighted by molar-refractivity contribution is -0.287. The van der Waals surface area contributed by atoms with Gasteiger partial charge in [-0.25, -0.2) is 18.8 Å². The zero-order valence-electron chi connectivity index (χ0n) is 17.3. The van der Waals surface area contributed by atoms with Crippen molar-refractivity contribution in [2.75, 3.05) is 11.5 Å². The molecule has 0 amide bonds. The molecule has 33 heavy (non-hydrogen) atoms. The third kappa shape index (κ3) is 5.40. The van der Waals surface area contributed by atoms with Crippen LogP contribution in [0.5, 0.6) is 0 Å². The molecule has 0 saturated heterocycles. The smallest absolute Gasteiger partial charge is 0.398 e. The number of hydrogen-bond donors (Lipinski definition) is 1. The van der Waals surface area contributed by atoms with E-state index >= 15 is 0 Å². The summed E-state index contributed by atoms with van der Waals surface area (Å²) in [6.45, 7) is 0.903. The van der Waals surface area contributed by atoms with E-state index in [0.29, 0.717) is 21.0 Å². The molecule has 2 heterocycles. The third-order valence-corrected chi connectivity index (χ3v) is 5.44. The summed E-state index contributed by atoms with van der Waals surface area (Å²) >= 11 is 1.27.